The third-order valence-electron chi connectivity index (χ3n) is 5.33. The summed E-state index contributed by atoms with van der Waals surface area (Å²) in [4.78, 5) is 7.44. The van der Waals surface area contributed by atoms with Gasteiger partial charge in [0.05, 0.1) is 0 Å². The Kier molecular flexibility index (Phi) is 5.76. The SMILES string of the molecule is Cc1ccccc1-c1nc(-c2ccc(Cl)cc2)sc1N(c1ccccc1)c1ccccc1. The van der Waals surface area contributed by atoms with Crippen LogP contribution in [0.4, 0.5) is 16.4 Å². The van der Waals surface area contributed by atoms with Crippen LogP contribution in [0.15, 0.2) is 109 Å². The zero-order chi connectivity index (χ0) is 21.9. The quantitative estimate of drug-likeness (QED) is 0.264. The molecule has 0 aliphatic rings. The molecule has 0 radical (unpaired) electrons. The molecule has 0 spiro atoms. The summed E-state index contributed by atoms with van der Waals surface area (Å²) in [6.07, 6.45) is 0. The minimum atomic E-state index is 0.722. The van der Waals surface area contributed by atoms with Gasteiger partial charge in [-0.3, -0.25) is 0 Å². The molecule has 156 valence electrons. The van der Waals surface area contributed by atoms with Gasteiger partial charge < -0.3 is 4.90 Å². The van der Waals surface area contributed by atoms with E-state index in [-0.39, 0.29) is 0 Å². The first kappa shape index (κ1) is 20.5. The second kappa shape index (κ2) is 8.99. The monoisotopic (exact) mass is 452 g/mol. The highest BCUT2D eigenvalue weighted by Crippen LogP contribution is 2.47. The number of rotatable bonds is 5. The molecule has 0 N–H and O–H groups in total. The van der Waals surface area contributed by atoms with Gasteiger partial charge >= 0.3 is 0 Å². The third-order valence-corrected chi connectivity index (χ3v) is 6.67. The lowest BCUT2D eigenvalue weighted by atomic mass is 10.1. The van der Waals surface area contributed by atoms with Crippen LogP contribution in [0.3, 0.4) is 0 Å². The van der Waals surface area contributed by atoms with Gasteiger partial charge in [0.25, 0.3) is 0 Å². The second-order valence-corrected chi connectivity index (χ2v) is 8.92. The molecule has 0 aliphatic carbocycles. The highest BCUT2D eigenvalue weighted by Gasteiger charge is 2.23. The molecule has 5 rings (SSSR count). The van der Waals surface area contributed by atoms with Crippen molar-refractivity contribution in [3.05, 3.63) is 120 Å². The van der Waals surface area contributed by atoms with E-state index in [1.165, 1.54) is 5.56 Å². The lowest BCUT2D eigenvalue weighted by molar-refractivity contribution is 1.28. The van der Waals surface area contributed by atoms with Gasteiger partial charge in [0.15, 0.2) is 0 Å². The first-order chi connectivity index (χ1) is 15.7. The van der Waals surface area contributed by atoms with E-state index in [4.69, 9.17) is 16.6 Å². The standard InChI is InChI=1S/C28H21ClN2S/c1-20-10-8-9-15-25(20)26-28(32-27(30-26)21-16-18-22(29)19-17-21)31(23-11-4-2-5-12-23)24-13-6-3-7-14-24/h2-19H,1H3. The minimum absolute atomic E-state index is 0.722. The van der Waals surface area contributed by atoms with Gasteiger partial charge in [0, 0.05) is 27.5 Å². The van der Waals surface area contributed by atoms with Crippen molar-refractivity contribution in [2.45, 2.75) is 6.92 Å². The van der Waals surface area contributed by atoms with Crippen molar-refractivity contribution >= 4 is 39.3 Å². The molecule has 0 amide bonds. The molecule has 0 bridgehead atoms. The molecule has 32 heavy (non-hydrogen) atoms. The number of aryl methyl sites for hydroxylation is 1. The Labute approximate surface area is 197 Å². The largest absolute Gasteiger partial charge is 0.300 e. The highest BCUT2D eigenvalue weighted by atomic mass is 35.5. The topological polar surface area (TPSA) is 16.1 Å². The van der Waals surface area contributed by atoms with Crippen LogP contribution in [0.5, 0.6) is 0 Å². The zero-order valence-electron chi connectivity index (χ0n) is 17.6. The zero-order valence-corrected chi connectivity index (χ0v) is 19.1. The summed E-state index contributed by atoms with van der Waals surface area (Å²) in [5.74, 6) is 0. The van der Waals surface area contributed by atoms with Gasteiger partial charge in [-0.05, 0) is 48.9 Å². The number of nitrogens with zero attached hydrogens (tertiary/aromatic N) is 2. The van der Waals surface area contributed by atoms with Crippen molar-refractivity contribution in [2.24, 2.45) is 0 Å². The number of thiazole rings is 1. The van der Waals surface area contributed by atoms with E-state index in [1.54, 1.807) is 11.3 Å². The third kappa shape index (κ3) is 4.05. The Morgan fingerprint density at radius 2 is 1.25 bits per heavy atom. The van der Waals surface area contributed by atoms with E-state index >= 15 is 0 Å². The van der Waals surface area contributed by atoms with Gasteiger partial charge in [-0.2, -0.15) is 0 Å². The molecule has 0 aliphatic heterocycles. The van der Waals surface area contributed by atoms with E-state index in [0.717, 1.165) is 43.2 Å². The molecule has 4 heteroatoms. The first-order valence-electron chi connectivity index (χ1n) is 10.4. The summed E-state index contributed by atoms with van der Waals surface area (Å²) in [5, 5.41) is 2.77. The molecule has 0 fully saturated rings. The van der Waals surface area contributed by atoms with Crippen molar-refractivity contribution in [2.75, 3.05) is 4.90 Å². The first-order valence-corrected chi connectivity index (χ1v) is 11.6. The van der Waals surface area contributed by atoms with E-state index in [9.17, 15) is 0 Å². The smallest absolute Gasteiger partial charge is 0.129 e. The van der Waals surface area contributed by atoms with Crippen LogP contribution in [-0.2, 0) is 0 Å². The Hall–Kier alpha value is -3.40. The van der Waals surface area contributed by atoms with Crippen molar-refractivity contribution in [1.82, 2.24) is 4.98 Å². The maximum absolute atomic E-state index is 6.14. The minimum Gasteiger partial charge on any atom is -0.300 e. The van der Waals surface area contributed by atoms with Crippen LogP contribution < -0.4 is 4.90 Å². The fraction of sp³-hybridized carbons (Fsp3) is 0.0357. The Morgan fingerprint density at radius 3 is 1.84 bits per heavy atom. The molecule has 1 aromatic heterocycles. The average molecular weight is 453 g/mol. The number of hydrogen-bond donors (Lipinski definition) is 0. The van der Waals surface area contributed by atoms with E-state index in [2.05, 4.69) is 84.6 Å². The van der Waals surface area contributed by atoms with Crippen molar-refractivity contribution in [3.8, 4) is 21.8 Å². The van der Waals surface area contributed by atoms with Crippen LogP contribution in [0, 0.1) is 6.92 Å². The number of para-hydroxylation sites is 2. The predicted octanol–water partition coefficient (Wildman–Crippen LogP) is 8.91. The summed E-state index contributed by atoms with van der Waals surface area (Å²) in [6.45, 7) is 2.13. The summed E-state index contributed by atoms with van der Waals surface area (Å²) in [6, 6.07) is 37.2. The van der Waals surface area contributed by atoms with Gasteiger partial charge in [-0.1, -0.05) is 95.7 Å². The maximum Gasteiger partial charge on any atom is 0.129 e. The second-order valence-electron chi connectivity index (χ2n) is 7.50. The van der Waals surface area contributed by atoms with Crippen molar-refractivity contribution < 1.29 is 0 Å². The fourth-order valence-electron chi connectivity index (χ4n) is 3.73. The number of anilines is 3. The average Bonchev–Trinajstić information content (AvgIpc) is 3.26. The molecule has 4 aromatic carbocycles. The van der Waals surface area contributed by atoms with Gasteiger partial charge in [0.2, 0.25) is 0 Å². The molecular formula is C28H21ClN2S. The normalized spacial score (nSPS) is 10.8. The van der Waals surface area contributed by atoms with Gasteiger partial charge in [0.1, 0.15) is 15.7 Å². The van der Waals surface area contributed by atoms with Crippen LogP contribution in [0.2, 0.25) is 5.02 Å². The van der Waals surface area contributed by atoms with E-state index in [1.807, 2.05) is 36.4 Å². The van der Waals surface area contributed by atoms with Gasteiger partial charge in [-0.15, -0.1) is 0 Å². The summed E-state index contributed by atoms with van der Waals surface area (Å²) >= 11 is 7.83. The molecule has 0 saturated heterocycles. The molecule has 2 nitrogen and oxygen atoms in total. The van der Waals surface area contributed by atoms with E-state index in [0.29, 0.717) is 0 Å². The van der Waals surface area contributed by atoms with Crippen LogP contribution >= 0.6 is 22.9 Å². The number of halogens is 1. The molecule has 0 atom stereocenters. The number of aromatic nitrogens is 1. The Balaban J connectivity index is 1.77. The number of hydrogen-bond acceptors (Lipinski definition) is 3. The lowest BCUT2D eigenvalue weighted by Crippen LogP contribution is -2.09. The molecule has 0 saturated carbocycles. The van der Waals surface area contributed by atoms with Gasteiger partial charge in [-0.25, -0.2) is 4.98 Å². The summed E-state index contributed by atoms with van der Waals surface area (Å²) in [5.41, 5.74) is 6.56. The van der Waals surface area contributed by atoms with Crippen LogP contribution in [0.1, 0.15) is 5.56 Å². The summed E-state index contributed by atoms with van der Waals surface area (Å²) < 4.78 is 0. The fourth-order valence-corrected chi connectivity index (χ4v) is 4.99. The predicted molar refractivity (Wildman–Crippen MR) is 137 cm³/mol. The van der Waals surface area contributed by atoms with Crippen LogP contribution in [-0.4, -0.2) is 4.98 Å². The Bertz CT molecular complexity index is 1290. The van der Waals surface area contributed by atoms with E-state index < -0.39 is 0 Å². The molecule has 1 heterocycles. The maximum atomic E-state index is 6.14. The van der Waals surface area contributed by atoms with Crippen LogP contribution in [0.25, 0.3) is 21.8 Å². The summed E-state index contributed by atoms with van der Waals surface area (Å²) in [7, 11) is 0. The highest BCUT2D eigenvalue weighted by molar-refractivity contribution is 7.19. The molecular weight excluding hydrogens is 432 g/mol. The van der Waals surface area contributed by atoms with Crippen molar-refractivity contribution in [3.63, 3.8) is 0 Å². The lowest BCUT2D eigenvalue weighted by Gasteiger charge is -2.24. The Morgan fingerprint density at radius 1 is 0.688 bits per heavy atom. The molecule has 5 aromatic rings. The molecule has 0 unspecified atom stereocenters. The number of benzene rings is 4. The van der Waals surface area contributed by atoms with Crippen molar-refractivity contribution in [1.29, 1.82) is 0 Å².